The molecular formula is C17H26N6O2. The third kappa shape index (κ3) is 4.88. The Morgan fingerprint density at radius 3 is 2.92 bits per heavy atom. The number of carbonyl (C=O) groups is 1. The quantitative estimate of drug-likeness (QED) is 0.860. The molecule has 0 aromatic carbocycles. The first kappa shape index (κ1) is 17.6. The lowest BCUT2D eigenvalue weighted by Crippen LogP contribution is -2.38. The predicted molar refractivity (Wildman–Crippen MR) is 93.1 cm³/mol. The summed E-state index contributed by atoms with van der Waals surface area (Å²) in [5.41, 5.74) is 0. The summed E-state index contributed by atoms with van der Waals surface area (Å²) >= 11 is 0. The highest BCUT2D eigenvalue weighted by Crippen LogP contribution is 2.19. The Morgan fingerprint density at radius 2 is 2.24 bits per heavy atom. The molecule has 1 atom stereocenters. The number of nitrogens with one attached hydrogen (secondary N) is 1. The van der Waals surface area contributed by atoms with Gasteiger partial charge in [0.25, 0.3) is 0 Å². The van der Waals surface area contributed by atoms with E-state index in [1.54, 1.807) is 13.0 Å². The maximum Gasteiger partial charge on any atom is 0.226 e. The van der Waals surface area contributed by atoms with Crippen LogP contribution in [0, 0.1) is 26.7 Å². The largest absolute Gasteiger partial charge is 0.360 e. The van der Waals surface area contributed by atoms with Gasteiger partial charge in [-0.3, -0.25) is 4.79 Å². The van der Waals surface area contributed by atoms with Gasteiger partial charge in [0.2, 0.25) is 5.91 Å². The van der Waals surface area contributed by atoms with Crippen LogP contribution >= 0.6 is 0 Å². The summed E-state index contributed by atoms with van der Waals surface area (Å²) in [5, 5.41) is 11.0. The Kier molecular flexibility index (Phi) is 5.47. The molecule has 2 aromatic rings. The molecule has 0 saturated carbocycles. The minimum Gasteiger partial charge on any atom is -0.360 e. The number of rotatable bonds is 6. The number of amides is 1. The Bertz CT molecular complexity index is 723. The molecule has 3 heterocycles. The van der Waals surface area contributed by atoms with Gasteiger partial charge in [-0.25, -0.2) is 9.67 Å². The van der Waals surface area contributed by atoms with E-state index >= 15 is 0 Å². The maximum atomic E-state index is 12.0. The van der Waals surface area contributed by atoms with E-state index in [2.05, 4.69) is 25.5 Å². The summed E-state index contributed by atoms with van der Waals surface area (Å²) in [6.45, 7) is 9.41. The number of anilines is 1. The van der Waals surface area contributed by atoms with Crippen molar-refractivity contribution in [2.75, 3.05) is 25.0 Å². The molecule has 0 bridgehead atoms. The molecule has 1 N–H and O–H groups in total. The fraction of sp³-hybridized carbons (Fsp3) is 0.647. The molecule has 136 valence electrons. The number of nitrogens with zero attached hydrogens (tertiary/aromatic N) is 5. The maximum absolute atomic E-state index is 12.0. The summed E-state index contributed by atoms with van der Waals surface area (Å²) in [5.74, 6) is 3.48. The van der Waals surface area contributed by atoms with Gasteiger partial charge in [0, 0.05) is 32.1 Å². The zero-order valence-electron chi connectivity index (χ0n) is 15.2. The van der Waals surface area contributed by atoms with Gasteiger partial charge in [0.15, 0.2) is 5.82 Å². The molecule has 2 aromatic heterocycles. The second kappa shape index (κ2) is 7.77. The van der Waals surface area contributed by atoms with Crippen molar-refractivity contribution in [3.8, 4) is 0 Å². The second-order valence-corrected chi connectivity index (χ2v) is 6.82. The van der Waals surface area contributed by atoms with Gasteiger partial charge >= 0.3 is 0 Å². The summed E-state index contributed by atoms with van der Waals surface area (Å²) in [6.07, 6.45) is 2.81. The Morgan fingerprint density at radius 1 is 1.40 bits per heavy atom. The Balaban J connectivity index is 1.45. The fourth-order valence-corrected chi connectivity index (χ4v) is 3.37. The SMILES string of the molecule is Cc1nc(C)n(CC2CCCN(CCC(=O)Nc3cc(C)on3)C2)n1. The molecule has 1 fully saturated rings. The van der Waals surface area contributed by atoms with Gasteiger partial charge in [-0.2, -0.15) is 5.10 Å². The first-order valence-corrected chi connectivity index (χ1v) is 8.83. The number of hydrogen-bond acceptors (Lipinski definition) is 6. The highest BCUT2D eigenvalue weighted by Gasteiger charge is 2.22. The zero-order valence-corrected chi connectivity index (χ0v) is 15.2. The summed E-state index contributed by atoms with van der Waals surface area (Å²) in [7, 11) is 0. The van der Waals surface area contributed by atoms with Gasteiger partial charge in [0.05, 0.1) is 0 Å². The summed E-state index contributed by atoms with van der Waals surface area (Å²) < 4.78 is 6.96. The van der Waals surface area contributed by atoms with Crippen LogP contribution < -0.4 is 5.32 Å². The monoisotopic (exact) mass is 346 g/mol. The van der Waals surface area contributed by atoms with Crippen LogP contribution in [0.3, 0.4) is 0 Å². The van der Waals surface area contributed by atoms with Crippen molar-refractivity contribution < 1.29 is 9.32 Å². The molecule has 1 aliphatic rings. The molecule has 1 amide bonds. The van der Waals surface area contributed by atoms with Crippen LogP contribution in [-0.4, -0.2) is 50.4 Å². The van der Waals surface area contributed by atoms with Crippen LogP contribution in [0.2, 0.25) is 0 Å². The Labute approximate surface area is 147 Å². The third-order valence-corrected chi connectivity index (χ3v) is 4.55. The van der Waals surface area contributed by atoms with Crippen molar-refractivity contribution in [2.45, 2.75) is 46.6 Å². The highest BCUT2D eigenvalue weighted by molar-refractivity contribution is 5.89. The number of hydrogen-bond donors (Lipinski definition) is 1. The van der Waals surface area contributed by atoms with E-state index in [4.69, 9.17) is 4.52 Å². The molecule has 1 unspecified atom stereocenters. The number of likely N-dealkylation sites (tertiary alicyclic amines) is 1. The Hall–Kier alpha value is -2.22. The third-order valence-electron chi connectivity index (χ3n) is 4.55. The van der Waals surface area contributed by atoms with Crippen LogP contribution in [0.25, 0.3) is 0 Å². The van der Waals surface area contributed by atoms with E-state index in [1.807, 2.05) is 18.5 Å². The van der Waals surface area contributed by atoms with Crippen molar-refractivity contribution in [3.63, 3.8) is 0 Å². The molecule has 3 rings (SSSR count). The van der Waals surface area contributed by atoms with Crippen molar-refractivity contribution in [2.24, 2.45) is 5.92 Å². The molecular weight excluding hydrogens is 320 g/mol. The zero-order chi connectivity index (χ0) is 17.8. The lowest BCUT2D eigenvalue weighted by atomic mass is 9.98. The van der Waals surface area contributed by atoms with Gasteiger partial charge in [-0.1, -0.05) is 5.16 Å². The van der Waals surface area contributed by atoms with Gasteiger partial charge in [-0.15, -0.1) is 0 Å². The molecule has 0 radical (unpaired) electrons. The van der Waals surface area contributed by atoms with E-state index in [-0.39, 0.29) is 5.91 Å². The molecule has 0 aliphatic carbocycles. The first-order valence-electron chi connectivity index (χ1n) is 8.83. The van der Waals surface area contributed by atoms with Gasteiger partial charge in [0.1, 0.15) is 17.4 Å². The van der Waals surface area contributed by atoms with Crippen molar-refractivity contribution >= 4 is 11.7 Å². The lowest BCUT2D eigenvalue weighted by molar-refractivity contribution is -0.116. The van der Waals surface area contributed by atoms with E-state index in [1.165, 1.54) is 6.42 Å². The van der Waals surface area contributed by atoms with E-state index in [0.717, 1.165) is 44.2 Å². The van der Waals surface area contributed by atoms with E-state index in [9.17, 15) is 4.79 Å². The molecule has 1 aliphatic heterocycles. The van der Waals surface area contributed by atoms with Crippen molar-refractivity contribution in [3.05, 3.63) is 23.5 Å². The fourth-order valence-electron chi connectivity index (χ4n) is 3.37. The van der Waals surface area contributed by atoms with Crippen molar-refractivity contribution in [1.29, 1.82) is 0 Å². The number of aryl methyl sites for hydroxylation is 3. The second-order valence-electron chi connectivity index (χ2n) is 6.82. The van der Waals surface area contributed by atoms with Gasteiger partial charge in [-0.05, 0) is 46.1 Å². The molecule has 0 spiro atoms. The summed E-state index contributed by atoms with van der Waals surface area (Å²) in [4.78, 5) is 18.8. The lowest BCUT2D eigenvalue weighted by Gasteiger charge is -2.32. The van der Waals surface area contributed by atoms with Crippen LogP contribution in [0.4, 0.5) is 5.82 Å². The highest BCUT2D eigenvalue weighted by atomic mass is 16.5. The minimum absolute atomic E-state index is 0.0295. The van der Waals surface area contributed by atoms with Crippen LogP contribution in [0.5, 0.6) is 0 Å². The molecule has 8 nitrogen and oxygen atoms in total. The summed E-state index contributed by atoms with van der Waals surface area (Å²) in [6, 6.07) is 1.72. The van der Waals surface area contributed by atoms with E-state index in [0.29, 0.717) is 23.9 Å². The average Bonchev–Trinajstić information content (AvgIpc) is 3.11. The topological polar surface area (TPSA) is 89.1 Å². The smallest absolute Gasteiger partial charge is 0.226 e. The molecule has 8 heteroatoms. The van der Waals surface area contributed by atoms with Crippen LogP contribution in [-0.2, 0) is 11.3 Å². The van der Waals surface area contributed by atoms with Gasteiger partial charge < -0.3 is 14.7 Å². The molecule has 1 saturated heterocycles. The standard InChI is InChI=1S/C17H26N6O2/c1-12-9-16(21-25-12)19-17(24)6-8-22-7-4-5-15(10-22)11-23-14(3)18-13(2)20-23/h9,15H,4-8,10-11H2,1-3H3,(H,19,21,24). The van der Waals surface area contributed by atoms with Crippen LogP contribution in [0.15, 0.2) is 10.6 Å². The predicted octanol–water partition coefficient (Wildman–Crippen LogP) is 1.93. The van der Waals surface area contributed by atoms with E-state index < -0.39 is 0 Å². The molecule has 25 heavy (non-hydrogen) atoms. The van der Waals surface area contributed by atoms with Crippen LogP contribution in [0.1, 0.15) is 36.7 Å². The number of aromatic nitrogens is 4. The minimum atomic E-state index is -0.0295. The van der Waals surface area contributed by atoms with Crippen molar-refractivity contribution in [1.82, 2.24) is 24.8 Å². The normalized spacial score (nSPS) is 18.4. The average molecular weight is 346 g/mol. The number of carbonyl (C=O) groups excluding carboxylic acids is 1. The number of piperidine rings is 1. The first-order chi connectivity index (χ1) is 12.0.